The normalized spacial score (nSPS) is 11.0. The standard InChI is InChI=1S/C30H24N2O6/c1-17-27(21-7-3-5-9-23(21)31-17)25(33)15-37-29(35)19-11-13-20(14-12-19)30(36)38-16-26(34)28-18(2)32-24-10-6-4-8-22(24)28/h3-14,31-32H,15-16H2,1-2H3. The van der Waals surface area contributed by atoms with Crippen LogP contribution in [0.5, 0.6) is 0 Å². The van der Waals surface area contributed by atoms with Crippen LogP contribution in [-0.4, -0.2) is 46.7 Å². The Morgan fingerprint density at radius 2 is 0.947 bits per heavy atom. The maximum atomic E-state index is 12.7. The van der Waals surface area contributed by atoms with Crippen LogP contribution < -0.4 is 0 Å². The van der Waals surface area contributed by atoms with Crippen molar-refractivity contribution in [3.05, 3.63) is 106 Å². The van der Waals surface area contributed by atoms with Crippen molar-refractivity contribution in [3.8, 4) is 0 Å². The maximum absolute atomic E-state index is 12.7. The Bertz CT molecular complexity index is 1580. The van der Waals surface area contributed by atoms with E-state index in [4.69, 9.17) is 9.47 Å². The van der Waals surface area contributed by atoms with Crippen LogP contribution in [0.3, 0.4) is 0 Å². The average molecular weight is 509 g/mol. The van der Waals surface area contributed by atoms with Gasteiger partial charge in [0, 0.05) is 44.3 Å². The zero-order valence-corrected chi connectivity index (χ0v) is 20.8. The minimum Gasteiger partial charge on any atom is -0.454 e. The number of fused-ring (bicyclic) bond motifs is 2. The Morgan fingerprint density at radius 3 is 1.34 bits per heavy atom. The van der Waals surface area contributed by atoms with Gasteiger partial charge in [0.2, 0.25) is 11.6 Å². The van der Waals surface area contributed by atoms with Crippen LogP contribution in [0, 0.1) is 13.8 Å². The Hall–Kier alpha value is -4.98. The quantitative estimate of drug-likeness (QED) is 0.216. The number of aromatic amines is 2. The summed E-state index contributed by atoms with van der Waals surface area (Å²) in [5.74, 6) is -2.02. The number of hydrogen-bond acceptors (Lipinski definition) is 6. The molecule has 8 heteroatoms. The molecule has 0 atom stereocenters. The highest BCUT2D eigenvalue weighted by molar-refractivity contribution is 6.11. The first-order chi connectivity index (χ1) is 18.3. The summed E-state index contributed by atoms with van der Waals surface area (Å²) in [5, 5.41) is 1.54. The number of aromatic nitrogens is 2. The fourth-order valence-corrected chi connectivity index (χ4v) is 4.59. The number of ether oxygens (including phenoxy) is 2. The fraction of sp³-hybridized carbons (Fsp3) is 0.133. The second-order valence-electron chi connectivity index (χ2n) is 8.92. The van der Waals surface area contributed by atoms with Crippen LogP contribution in [0.1, 0.15) is 52.8 Å². The van der Waals surface area contributed by atoms with E-state index in [0.29, 0.717) is 22.5 Å². The van der Waals surface area contributed by atoms with Crippen LogP contribution in [0.2, 0.25) is 0 Å². The Labute approximate surface area is 217 Å². The lowest BCUT2D eigenvalue weighted by atomic mass is 10.1. The summed E-state index contributed by atoms with van der Waals surface area (Å²) in [5.41, 5.74) is 4.40. The molecule has 3 aromatic carbocycles. The van der Waals surface area contributed by atoms with E-state index < -0.39 is 25.2 Å². The number of nitrogens with one attached hydrogen (secondary N) is 2. The van der Waals surface area contributed by atoms with Crippen molar-refractivity contribution in [2.45, 2.75) is 13.8 Å². The molecule has 190 valence electrons. The van der Waals surface area contributed by atoms with Crippen LogP contribution in [0.25, 0.3) is 21.8 Å². The number of hydrogen-bond donors (Lipinski definition) is 2. The monoisotopic (exact) mass is 508 g/mol. The van der Waals surface area contributed by atoms with Gasteiger partial charge in [-0.1, -0.05) is 36.4 Å². The number of para-hydroxylation sites is 2. The number of aryl methyl sites for hydroxylation is 2. The highest BCUT2D eigenvalue weighted by Gasteiger charge is 2.20. The van der Waals surface area contributed by atoms with Gasteiger partial charge in [0.1, 0.15) is 0 Å². The minimum atomic E-state index is -0.694. The molecule has 8 nitrogen and oxygen atoms in total. The maximum Gasteiger partial charge on any atom is 0.338 e. The number of rotatable bonds is 8. The van der Waals surface area contributed by atoms with Gasteiger partial charge in [-0.25, -0.2) is 9.59 Å². The third kappa shape index (κ3) is 4.71. The molecular weight excluding hydrogens is 484 g/mol. The Morgan fingerprint density at radius 1 is 0.579 bits per heavy atom. The third-order valence-corrected chi connectivity index (χ3v) is 6.37. The van der Waals surface area contributed by atoms with Crippen molar-refractivity contribution in [3.63, 3.8) is 0 Å². The minimum absolute atomic E-state index is 0.176. The van der Waals surface area contributed by atoms with Crippen LogP contribution >= 0.6 is 0 Å². The number of esters is 2. The zero-order valence-electron chi connectivity index (χ0n) is 20.8. The van der Waals surface area contributed by atoms with E-state index in [9.17, 15) is 19.2 Å². The van der Waals surface area contributed by atoms with Gasteiger partial charge in [0.15, 0.2) is 13.2 Å². The number of Topliss-reactive ketones (excluding diaryl/α,β-unsaturated/α-hetero) is 2. The molecule has 0 aliphatic rings. The van der Waals surface area contributed by atoms with Crippen molar-refractivity contribution in [1.82, 2.24) is 9.97 Å². The van der Waals surface area contributed by atoms with Gasteiger partial charge in [-0.2, -0.15) is 0 Å². The van der Waals surface area contributed by atoms with Crippen LogP contribution in [0.15, 0.2) is 72.8 Å². The first-order valence-corrected chi connectivity index (χ1v) is 12.0. The molecule has 0 bridgehead atoms. The molecule has 0 saturated heterocycles. The van der Waals surface area contributed by atoms with Gasteiger partial charge in [0.05, 0.1) is 11.1 Å². The lowest BCUT2D eigenvalue weighted by Gasteiger charge is -2.07. The molecular formula is C30H24N2O6. The van der Waals surface area contributed by atoms with E-state index >= 15 is 0 Å². The van der Waals surface area contributed by atoms with Crippen LogP contribution in [0.4, 0.5) is 0 Å². The molecule has 0 radical (unpaired) electrons. The van der Waals surface area contributed by atoms with E-state index in [1.54, 1.807) is 13.8 Å². The van der Waals surface area contributed by atoms with Crippen molar-refractivity contribution >= 4 is 45.3 Å². The average Bonchev–Trinajstić information content (AvgIpc) is 3.45. The summed E-state index contributed by atoms with van der Waals surface area (Å²) in [7, 11) is 0. The van der Waals surface area contributed by atoms with Crippen LogP contribution in [-0.2, 0) is 9.47 Å². The van der Waals surface area contributed by atoms with Gasteiger partial charge >= 0.3 is 11.9 Å². The van der Waals surface area contributed by atoms with E-state index in [-0.39, 0.29) is 22.7 Å². The predicted molar refractivity (Wildman–Crippen MR) is 142 cm³/mol. The molecule has 0 saturated carbocycles. The first-order valence-electron chi connectivity index (χ1n) is 12.0. The fourth-order valence-electron chi connectivity index (χ4n) is 4.59. The van der Waals surface area contributed by atoms with E-state index in [0.717, 1.165) is 21.8 Å². The molecule has 5 rings (SSSR count). The summed E-state index contributed by atoms with van der Waals surface area (Å²) in [4.78, 5) is 56.8. The van der Waals surface area contributed by atoms with Crippen molar-refractivity contribution in [2.75, 3.05) is 13.2 Å². The molecule has 0 fully saturated rings. The number of ketones is 2. The highest BCUT2D eigenvalue weighted by atomic mass is 16.5. The zero-order chi connectivity index (χ0) is 26.8. The Balaban J connectivity index is 1.18. The van der Waals surface area contributed by atoms with Crippen molar-refractivity contribution in [2.24, 2.45) is 0 Å². The summed E-state index contributed by atoms with van der Waals surface area (Å²) >= 11 is 0. The summed E-state index contributed by atoms with van der Waals surface area (Å²) in [6.45, 7) is 2.76. The summed E-state index contributed by atoms with van der Waals surface area (Å²) in [6, 6.07) is 20.5. The molecule has 2 N–H and O–H groups in total. The molecule has 38 heavy (non-hydrogen) atoms. The summed E-state index contributed by atoms with van der Waals surface area (Å²) < 4.78 is 10.4. The lowest BCUT2D eigenvalue weighted by molar-refractivity contribution is 0.0467. The van der Waals surface area contributed by atoms with E-state index in [1.165, 1.54) is 24.3 Å². The number of benzene rings is 3. The summed E-state index contributed by atoms with van der Waals surface area (Å²) in [6.07, 6.45) is 0. The van der Waals surface area contributed by atoms with E-state index in [2.05, 4.69) is 9.97 Å². The van der Waals surface area contributed by atoms with E-state index in [1.807, 2.05) is 48.5 Å². The SMILES string of the molecule is Cc1[nH]c2ccccc2c1C(=O)COC(=O)c1ccc(C(=O)OCC(=O)c2c(C)[nH]c3ccccc23)cc1. The molecule has 0 aliphatic heterocycles. The van der Waals surface area contributed by atoms with Gasteiger partial charge in [-0.3, -0.25) is 9.59 Å². The van der Waals surface area contributed by atoms with Gasteiger partial charge < -0.3 is 19.4 Å². The second kappa shape index (κ2) is 10.2. The lowest BCUT2D eigenvalue weighted by Crippen LogP contribution is -2.16. The smallest absolute Gasteiger partial charge is 0.338 e. The Kier molecular flexibility index (Phi) is 6.62. The van der Waals surface area contributed by atoms with Gasteiger partial charge in [0.25, 0.3) is 0 Å². The molecule has 2 aromatic heterocycles. The third-order valence-electron chi connectivity index (χ3n) is 6.37. The molecule has 2 heterocycles. The molecule has 0 spiro atoms. The second-order valence-corrected chi connectivity index (χ2v) is 8.92. The number of H-pyrrole nitrogens is 2. The highest BCUT2D eigenvalue weighted by Crippen LogP contribution is 2.23. The van der Waals surface area contributed by atoms with Crippen molar-refractivity contribution < 1.29 is 28.7 Å². The van der Waals surface area contributed by atoms with Crippen molar-refractivity contribution in [1.29, 1.82) is 0 Å². The molecule has 0 amide bonds. The van der Waals surface area contributed by atoms with Gasteiger partial charge in [-0.05, 0) is 50.2 Å². The largest absolute Gasteiger partial charge is 0.454 e. The predicted octanol–water partition coefficient (Wildman–Crippen LogP) is 5.35. The number of carbonyl (C=O) groups excluding carboxylic acids is 4. The van der Waals surface area contributed by atoms with Gasteiger partial charge in [-0.15, -0.1) is 0 Å². The molecule has 0 aliphatic carbocycles. The topological polar surface area (TPSA) is 118 Å². The molecule has 5 aromatic rings. The first kappa shape index (κ1) is 24.7. The number of carbonyl (C=O) groups is 4. The molecule has 0 unspecified atom stereocenters.